The summed E-state index contributed by atoms with van der Waals surface area (Å²) in [6.45, 7) is 0. The van der Waals surface area contributed by atoms with E-state index in [0.717, 1.165) is 0 Å². The molecular weight excluding hydrogens is 363 g/mol. The Morgan fingerprint density at radius 2 is 1.27 bits per heavy atom. The van der Waals surface area contributed by atoms with Crippen molar-refractivity contribution in [3.8, 4) is 0 Å². The minimum atomic E-state index is 1.25. The Morgan fingerprint density at radius 1 is 0.800 bits per heavy atom. The van der Waals surface area contributed by atoms with Gasteiger partial charge in [0.1, 0.15) is 0 Å². The molecule has 2 aromatic rings. The van der Waals surface area contributed by atoms with Gasteiger partial charge in [0.15, 0.2) is 0 Å². The second-order valence-electron chi connectivity index (χ2n) is 3.17. The van der Waals surface area contributed by atoms with Gasteiger partial charge in [-0.25, -0.2) is 0 Å². The summed E-state index contributed by atoms with van der Waals surface area (Å²) in [5, 5.41) is 2.75. The summed E-state index contributed by atoms with van der Waals surface area (Å²) in [4.78, 5) is 0. The van der Waals surface area contributed by atoms with E-state index in [-0.39, 0.29) is 0 Å². The average molecular weight is 371 g/mol. The standard InChI is InChI=1S/C12H8.2BrH.Ni/c1-3-9-4-2-6-11-8-7-10(5-1)12(9)11;;;/h1-8H;2*1H;/q;;;+2/p-2. The molecule has 0 amide bonds. The van der Waals surface area contributed by atoms with Crippen LogP contribution in [0.5, 0.6) is 0 Å². The number of rotatable bonds is 0. The van der Waals surface area contributed by atoms with E-state index < -0.39 is 0 Å². The van der Waals surface area contributed by atoms with E-state index >= 15 is 0 Å². The maximum atomic E-state index is 3.00. The van der Waals surface area contributed by atoms with Gasteiger partial charge in [-0.1, -0.05) is 48.6 Å². The topological polar surface area (TPSA) is 0 Å². The van der Waals surface area contributed by atoms with E-state index in [9.17, 15) is 0 Å². The van der Waals surface area contributed by atoms with Crippen molar-refractivity contribution < 1.29 is 10.9 Å². The fourth-order valence-electron chi connectivity index (χ4n) is 1.86. The van der Waals surface area contributed by atoms with Gasteiger partial charge in [0.05, 0.1) is 0 Å². The Bertz CT molecular complexity index is 465. The third-order valence-electron chi connectivity index (χ3n) is 2.41. The summed E-state index contributed by atoms with van der Waals surface area (Å²) in [6.07, 6.45) is 4.36. The van der Waals surface area contributed by atoms with E-state index in [0.29, 0.717) is 0 Å². The first-order chi connectivity index (χ1) is 7.36. The van der Waals surface area contributed by atoms with Crippen molar-refractivity contribution in [2.45, 2.75) is 0 Å². The summed E-state index contributed by atoms with van der Waals surface area (Å²) >= 11 is 6.00. The Labute approximate surface area is 109 Å². The first-order valence-electron chi connectivity index (χ1n) is 4.39. The average Bonchev–Trinajstić information content (AvgIpc) is 2.66. The molecule has 0 fully saturated rings. The van der Waals surface area contributed by atoms with Crippen LogP contribution in [-0.2, 0) is 10.9 Å². The molecule has 0 unspecified atom stereocenters. The predicted octanol–water partition coefficient (Wildman–Crippen LogP) is 5.01. The molecule has 1 aliphatic rings. The van der Waals surface area contributed by atoms with Crippen LogP contribution in [0.15, 0.2) is 36.4 Å². The van der Waals surface area contributed by atoms with Crippen LogP contribution in [0.3, 0.4) is 0 Å². The molecule has 2 aromatic carbocycles. The van der Waals surface area contributed by atoms with Crippen LogP contribution in [0.1, 0.15) is 11.1 Å². The molecule has 0 aromatic heterocycles. The van der Waals surface area contributed by atoms with Crippen molar-refractivity contribution in [3.63, 3.8) is 0 Å². The first kappa shape index (κ1) is 11.4. The van der Waals surface area contributed by atoms with Crippen molar-refractivity contribution in [3.05, 3.63) is 47.5 Å². The van der Waals surface area contributed by atoms with Gasteiger partial charge in [-0.2, -0.15) is 0 Å². The zero-order valence-electron chi connectivity index (χ0n) is 7.69. The van der Waals surface area contributed by atoms with Gasteiger partial charge in [-0.15, -0.1) is 0 Å². The Morgan fingerprint density at radius 3 is 1.73 bits per heavy atom. The SMILES string of the molecule is C1=Cc2cccc3cccc1c23.[Br][Ni][Br]. The minimum absolute atomic E-state index is 1.25. The molecule has 0 aliphatic heterocycles. The zero-order chi connectivity index (χ0) is 10.7. The molecule has 0 radical (unpaired) electrons. The third-order valence-corrected chi connectivity index (χ3v) is 2.41. The van der Waals surface area contributed by atoms with Crippen molar-refractivity contribution in [1.29, 1.82) is 0 Å². The molecule has 80 valence electrons. The number of halogens is 2. The molecule has 0 nitrogen and oxygen atoms in total. The normalized spacial score (nSPS) is 11.6. The monoisotopic (exact) mass is 368 g/mol. The molecule has 0 saturated carbocycles. The van der Waals surface area contributed by atoms with Crippen molar-refractivity contribution >= 4 is 51.4 Å². The maximum absolute atomic E-state index is 3.00. The third kappa shape index (κ3) is 2.35. The first-order valence-corrected chi connectivity index (χ1v) is 9.27. The summed E-state index contributed by atoms with van der Waals surface area (Å²) in [6, 6.07) is 12.9. The molecule has 0 saturated heterocycles. The quantitative estimate of drug-likeness (QED) is 0.488. The molecule has 0 atom stereocenters. The van der Waals surface area contributed by atoms with Crippen LogP contribution in [0.25, 0.3) is 22.9 Å². The molecule has 0 heterocycles. The second kappa shape index (κ2) is 5.29. The van der Waals surface area contributed by atoms with E-state index in [4.69, 9.17) is 0 Å². The predicted molar refractivity (Wildman–Crippen MR) is 70.7 cm³/mol. The molecular formula is C12H8Br2Ni. The molecule has 0 N–H and O–H groups in total. The molecule has 0 bridgehead atoms. The van der Waals surface area contributed by atoms with E-state index in [1.54, 1.807) is 0 Å². The molecule has 1 aliphatic carbocycles. The van der Waals surface area contributed by atoms with Gasteiger partial charge in [0.25, 0.3) is 0 Å². The van der Waals surface area contributed by atoms with E-state index in [1.807, 2.05) is 0 Å². The summed E-state index contributed by atoms with van der Waals surface area (Å²) in [5.41, 5.74) is 2.70. The summed E-state index contributed by atoms with van der Waals surface area (Å²) < 4.78 is 0. The van der Waals surface area contributed by atoms with Crippen LogP contribution in [0.2, 0.25) is 0 Å². The van der Waals surface area contributed by atoms with Crippen molar-refractivity contribution in [1.82, 2.24) is 0 Å². The number of benzene rings is 2. The van der Waals surface area contributed by atoms with Gasteiger partial charge >= 0.3 is 39.3 Å². The van der Waals surface area contributed by atoms with Crippen LogP contribution in [0.4, 0.5) is 0 Å². The molecule has 15 heavy (non-hydrogen) atoms. The van der Waals surface area contributed by atoms with Gasteiger partial charge in [-0.3, -0.25) is 0 Å². The molecule has 0 spiro atoms. The Kier molecular flexibility index (Phi) is 4.01. The van der Waals surface area contributed by atoms with Crippen LogP contribution >= 0.6 is 28.5 Å². The van der Waals surface area contributed by atoms with Crippen LogP contribution < -0.4 is 0 Å². The van der Waals surface area contributed by atoms with Gasteiger partial charge < -0.3 is 0 Å². The molecule has 3 rings (SSSR count). The van der Waals surface area contributed by atoms with E-state index in [1.165, 1.54) is 32.8 Å². The van der Waals surface area contributed by atoms with Crippen LogP contribution in [0, 0.1) is 0 Å². The zero-order valence-corrected chi connectivity index (χ0v) is 11.9. The van der Waals surface area contributed by atoms with Gasteiger partial charge in [0, 0.05) is 0 Å². The fraction of sp³-hybridized carbons (Fsp3) is 0. The van der Waals surface area contributed by atoms with E-state index in [2.05, 4.69) is 77.0 Å². The Balaban J connectivity index is 0.000000258. The van der Waals surface area contributed by atoms with Crippen LogP contribution in [-0.4, -0.2) is 0 Å². The second-order valence-corrected chi connectivity index (χ2v) is 8.16. The van der Waals surface area contributed by atoms with Crippen molar-refractivity contribution in [2.24, 2.45) is 0 Å². The summed E-state index contributed by atoms with van der Waals surface area (Å²) in [5.74, 6) is 0. The summed E-state index contributed by atoms with van der Waals surface area (Å²) in [7, 11) is 1.25. The fourth-order valence-corrected chi connectivity index (χ4v) is 1.86. The van der Waals surface area contributed by atoms with Gasteiger partial charge in [0.2, 0.25) is 0 Å². The van der Waals surface area contributed by atoms with Gasteiger partial charge in [-0.05, 0) is 21.9 Å². The number of hydrogen-bond acceptors (Lipinski definition) is 0. The Hall–Kier alpha value is -0.106. The molecule has 3 heteroatoms. The van der Waals surface area contributed by atoms with Crippen molar-refractivity contribution in [2.75, 3.05) is 0 Å². The number of hydrogen-bond donors (Lipinski definition) is 0.